The van der Waals surface area contributed by atoms with Crippen LogP contribution in [0.25, 0.3) is 22.5 Å². The quantitative estimate of drug-likeness (QED) is 0.450. The maximum absolute atomic E-state index is 4.70. The smallest absolute Gasteiger partial charge is 0.234 e. The summed E-state index contributed by atoms with van der Waals surface area (Å²) >= 11 is 1.51. The number of nitrogens with zero attached hydrogens (tertiary/aromatic N) is 2. The minimum absolute atomic E-state index is 0.596. The van der Waals surface area contributed by atoms with Crippen molar-refractivity contribution in [3.05, 3.63) is 97.1 Å². The first-order valence-electron chi connectivity index (χ1n) is 8.36. The predicted octanol–water partition coefficient (Wildman–Crippen LogP) is 5.93. The lowest BCUT2D eigenvalue weighted by molar-refractivity contribution is 1.19. The summed E-state index contributed by atoms with van der Waals surface area (Å²) in [4.78, 5) is 10.5. The van der Waals surface area contributed by atoms with Gasteiger partial charge in [-0.1, -0.05) is 78.9 Å². The molecule has 1 aromatic heterocycles. The predicted molar refractivity (Wildman–Crippen MR) is 109 cm³/mol. The second kappa shape index (κ2) is 7.85. The molecule has 0 aliphatic carbocycles. The van der Waals surface area contributed by atoms with Crippen LogP contribution in [0.15, 0.2) is 102 Å². The minimum Gasteiger partial charge on any atom is -0.294 e. The fourth-order valence-electron chi connectivity index (χ4n) is 2.60. The van der Waals surface area contributed by atoms with Gasteiger partial charge in [-0.25, -0.2) is 9.97 Å². The Balaban J connectivity index is 1.70. The van der Waals surface area contributed by atoms with Crippen molar-refractivity contribution in [2.45, 2.75) is 4.90 Å². The highest BCUT2D eigenvalue weighted by Gasteiger charge is 2.08. The van der Waals surface area contributed by atoms with E-state index in [-0.39, 0.29) is 0 Å². The summed E-state index contributed by atoms with van der Waals surface area (Å²) in [6.45, 7) is 0. The van der Waals surface area contributed by atoms with E-state index in [1.165, 1.54) is 11.9 Å². The Morgan fingerprint density at radius 3 is 1.54 bits per heavy atom. The maximum Gasteiger partial charge on any atom is 0.234 e. The highest BCUT2D eigenvalue weighted by molar-refractivity contribution is 8.00. The molecule has 4 aromatic rings. The first-order valence-corrected chi connectivity index (χ1v) is 9.18. The van der Waals surface area contributed by atoms with Gasteiger partial charge in [-0.2, -0.15) is 0 Å². The summed E-state index contributed by atoms with van der Waals surface area (Å²) in [5.41, 5.74) is 3.94. The van der Waals surface area contributed by atoms with Crippen LogP contribution in [-0.4, -0.2) is 9.97 Å². The molecule has 0 saturated carbocycles. The van der Waals surface area contributed by atoms with E-state index in [0.717, 1.165) is 27.4 Å². The lowest BCUT2D eigenvalue weighted by Crippen LogP contribution is -1.98. The molecule has 1 heterocycles. The molecule has 0 saturated heterocycles. The van der Waals surface area contributed by atoms with Crippen LogP contribution in [0.1, 0.15) is 0 Å². The molecule has 0 spiro atoms. The van der Waals surface area contributed by atoms with Crippen molar-refractivity contribution in [2.75, 3.05) is 4.72 Å². The third-order valence-corrected chi connectivity index (χ3v) is 4.66. The van der Waals surface area contributed by atoms with Crippen LogP contribution in [0, 0.1) is 0 Å². The highest BCUT2D eigenvalue weighted by Crippen LogP contribution is 2.27. The Morgan fingerprint density at radius 2 is 1.04 bits per heavy atom. The fourth-order valence-corrected chi connectivity index (χ4v) is 3.19. The van der Waals surface area contributed by atoms with Crippen LogP contribution >= 0.6 is 11.9 Å². The summed E-state index contributed by atoms with van der Waals surface area (Å²) in [6.07, 6.45) is 0. The van der Waals surface area contributed by atoms with E-state index in [9.17, 15) is 0 Å². The number of nitrogens with one attached hydrogen (secondary N) is 1. The first-order chi connectivity index (χ1) is 12.9. The Kier molecular flexibility index (Phi) is 4.94. The Bertz CT molecular complexity index is 916. The lowest BCUT2D eigenvalue weighted by Gasteiger charge is -2.10. The molecule has 0 atom stereocenters. The van der Waals surface area contributed by atoms with Crippen molar-refractivity contribution in [1.82, 2.24) is 9.97 Å². The summed E-state index contributed by atoms with van der Waals surface area (Å²) in [7, 11) is 0. The first kappa shape index (κ1) is 16.4. The van der Waals surface area contributed by atoms with Crippen molar-refractivity contribution in [1.29, 1.82) is 0 Å². The van der Waals surface area contributed by atoms with Crippen molar-refractivity contribution in [2.24, 2.45) is 0 Å². The van der Waals surface area contributed by atoms with Crippen molar-refractivity contribution in [3.63, 3.8) is 0 Å². The molecule has 1 N–H and O–H groups in total. The largest absolute Gasteiger partial charge is 0.294 e. The molecule has 0 radical (unpaired) electrons. The SMILES string of the molecule is c1ccc(SNc2nc(-c3ccccc3)cc(-c3ccccc3)n2)cc1. The van der Waals surface area contributed by atoms with Crippen LogP contribution in [0.3, 0.4) is 0 Å². The molecule has 126 valence electrons. The van der Waals surface area contributed by atoms with Gasteiger partial charge in [0.2, 0.25) is 5.95 Å². The van der Waals surface area contributed by atoms with Gasteiger partial charge in [-0.15, -0.1) is 0 Å². The van der Waals surface area contributed by atoms with Crippen LogP contribution in [0.2, 0.25) is 0 Å². The normalized spacial score (nSPS) is 10.5. The number of anilines is 1. The molecular weight excluding hydrogens is 338 g/mol. The number of hydrogen-bond donors (Lipinski definition) is 1. The van der Waals surface area contributed by atoms with Crippen LogP contribution < -0.4 is 4.72 Å². The van der Waals surface area contributed by atoms with E-state index in [1.54, 1.807) is 0 Å². The van der Waals surface area contributed by atoms with Crippen LogP contribution in [-0.2, 0) is 0 Å². The zero-order chi connectivity index (χ0) is 17.6. The van der Waals surface area contributed by atoms with E-state index < -0.39 is 0 Å². The van der Waals surface area contributed by atoms with Gasteiger partial charge in [-0.05, 0) is 30.1 Å². The van der Waals surface area contributed by atoms with E-state index in [1.807, 2.05) is 60.7 Å². The topological polar surface area (TPSA) is 37.8 Å². The van der Waals surface area contributed by atoms with Gasteiger partial charge in [0.1, 0.15) is 0 Å². The zero-order valence-corrected chi connectivity index (χ0v) is 14.9. The van der Waals surface area contributed by atoms with Gasteiger partial charge < -0.3 is 0 Å². The number of benzene rings is 3. The molecule has 4 heteroatoms. The molecule has 0 bridgehead atoms. The number of hydrogen-bond acceptors (Lipinski definition) is 4. The van der Waals surface area contributed by atoms with E-state index in [2.05, 4.69) is 41.1 Å². The molecule has 0 fully saturated rings. The molecule has 0 unspecified atom stereocenters. The third kappa shape index (κ3) is 3.92. The zero-order valence-electron chi connectivity index (χ0n) is 14.0. The number of aromatic nitrogens is 2. The molecule has 3 nitrogen and oxygen atoms in total. The van der Waals surface area contributed by atoms with Crippen LogP contribution in [0.4, 0.5) is 5.95 Å². The summed E-state index contributed by atoms with van der Waals surface area (Å²) in [5, 5.41) is 0. The lowest BCUT2D eigenvalue weighted by atomic mass is 10.1. The minimum atomic E-state index is 0.596. The maximum atomic E-state index is 4.70. The summed E-state index contributed by atoms with van der Waals surface area (Å²) in [6, 6.07) is 32.5. The average Bonchev–Trinajstić information content (AvgIpc) is 2.74. The van der Waals surface area contributed by atoms with Gasteiger partial charge in [0.25, 0.3) is 0 Å². The highest BCUT2D eigenvalue weighted by atomic mass is 32.2. The molecule has 4 rings (SSSR count). The molecule has 0 aliphatic rings. The summed E-state index contributed by atoms with van der Waals surface area (Å²) < 4.78 is 3.28. The fraction of sp³-hybridized carbons (Fsp3) is 0. The molecule has 0 amide bonds. The molecule has 26 heavy (non-hydrogen) atoms. The Labute approximate surface area is 157 Å². The van der Waals surface area contributed by atoms with E-state index >= 15 is 0 Å². The van der Waals surface area contributed by atoms with E-state index in [4.69, 9.17) is 9.97 Å². The molecular formula is C22H17N3S. The van der Waals surface area contributed by atoms with Gasteiger partial charge >= 0.3 is 0 Å². The van der Waals surface area contributed by atoms with Crippen molar-refractivity contribution >= 4 is 17.9 Å². The second-order valence-corrected chi connectivity index (χ2v) is 6.59. The monoisotopic (exact) mass is 355 g/mol. The van der Waals surface area contributed by atoms with Crippen LogP contribution in [0.5, 0.6) is 0 Å². The third-order valence-electron chi connectivity index (χ3n) is 3.87. The van der Waals surface area contributed by atoms with Crippen molar-refractivity contribution in [3.8, 4) is 22.5 Å². The van der Waals surface area contributed by atoms with Gasteiger partial charge in [0, 0.05) is 16.0 Å². The van der Waals surface area contributed by atoms with Gasteiger partial charge in [0.15, 0.2) is 0 Å². The Morgan fingerprint density at radius 1 is 0.577 bits per heavy atom. The van der Waals surface area contributed by atoms with E-state index in [0.29, 0.717) is 5.95 Å². The summed E-state index contributed by atoms with van der Waals surface area (Å²) in [5.74, 6) is 0.596. The number of rotatable bonds is 5. The van der Waals surface area contributed by atoms with Crippen molar-refractivity contribution < 1.29 is 0 Å². The average molecular weight is 355 g/mol. The van der Waals surface area contributed by atoms with Gasteiger partial charge in [0.05, 0.1) is 11.4 Å². The molecule has 3 aromatic carbocycles. The Hall–Kier alpha value is -3.11. The second-order valence-electron chi connectivity index (χ2n) is 5.71. The standard InChI is InChI=1S/C22H17N3S/c1-4-10-17(11-5-1)20-16-21(18-12-6-2-7-13-18)24-22(23-20)25-26-19-14-8-3-9-15-19/h1-16H,(H,23,24,25). The molecule has 0 aliphatic heterocycles. The van der Waals surface area contributed by atoms with Gasteiger partial charge in [-0.3, -0.25) is 4.72 Å².